The molecule has 0 aliphatic carbocycles. The van der Waals surface area contributed by atoms with Crippen molar-refractivity contribution < 1.29 is 33.7 Å². The molecule has 2 aromatic carbocycles. The minimum atomic E-state index is -1.07. The molecule has 13 nitrogen and oxygen atoms in total. The number of thiazole rings is 2. The summed E-state index contributed by atoms with van der Waals surface area (Å²) in [4.78, 5) is 51.2. The van der Waals surface area contributed by atoms with Crippen molar-refractivity contribution in [3.8, 4) is 0 Å². The van der Waals surface area contributed by atoms with Crippen LogP contribution in [-0.2, 0) is 45.1 Å². The van der Waals surface area contributed by atoms with Gasteiger partial charge < -0.3 is 40.2 Å². The summed E-state index contributed by atoms with van der Waals surface area (Å²) in [7, 11) is 0. The Labute approximate surface area is 311 Å². The first-order valence-corrected chi connectivity index (χ1v) is 19.1. The van der Waals surface area contributed by atoms with E-state index in [1.165, 1.54) is 22.7 Å². The summed E-state index contributed by atoms with van der Waals surface area (Å²) in [6.07, 6.45) is 0.000138. The lowest BCUT2D eigenvalue weighted by Crippen LogP contribution is -2.54. The number of carbonyl (C=O) groups is 3. The third-order valence-electron chi connectivity index (χ3n) is 8.49. The molecule has 1 saturated heterocycles. The standard InChI is InChI=1S/C37H46N6O7S2/c1-25(2)33(42-37(47)49-21-29-23-51-35(40-29)43-13-15-48-16-14-43)34(45)39-28(17-26-9-5-3-6-10-26)19-32(44)31(18-27-11-7-4-8-12-27)41-36(46)50-22-30-20-38-24-52-30/h3-12,20,23-25,28,31-33,44H,13-19,21-22H2,1-2H3,(H,39,45)(H,41,46)(H,42,47)/t28-,31-,32-,33?/m0/s1. The van der Waals surface area contributed by atoms with Crippen molar-refractivity contribution >= 4 is 45.9 Å². The fourth-order valence-corrected chi connectivity index (χ4v) is 7.11. The number of anilines is 1. The molecule has 1 unspecified atom stereocenters. The number of aliphatic hydroxyl groups excluding tert-OH is 1. The topological polar surface area (TPSA) is 164 Å². The molecule has 278 valence electrons. The smallest absolute Gasteiger partial charge is 0.408 e. The highest BCUT2D eigenvalue weighted by Crippen LogP contribution is 2.22. The molecule has 52 heavy (non-hydrogen) atoms. The first-order chi connectivity index (χ1) is 25.2. The van der Waals surface area contributed by atoms with E-state index in [-0.39, 0.29) is 25.6 Å². The maximum absolute atomic E-state index is 13.8. The molecule has 15 heteroatoms. The first kappa shape index (κ1) is 38.7. The molecule has 1 fully saturated rings. The molecule has 4 aromatic rings. The van der Waals surface area contributed by atoms with Crippen molar-refractivity contribution in [3.63, 3.8) is 0 Å². The van der Waals surface area contributed by atoms with E-state index in [9.17, 15) is 19.5 Å². The van der Waals surface area contributed by atoms with Crippen LogP contribution in [0.5, 0.6) is 0 Å². The average molecular weight is 751 g/mol. The van der Waals surface area contributed by atoms with Crippen LogP contribution in [0, 0.1) is 5.92 Å². The molecule has 5 rings (SSSR count). The fourth-order valence-electron chi connectivity index (χ4n) is 5.74. The number of aliphatic hydroxyl groups is 1. The summed E-state index contributed by atoms with van der Waals surface area (Å²) in [5.74, 6) is -0.692. The van der Waals surface area contributed by atoms with Crippen LogP contribution in [0.4, 0.5) is 14.7 Å². The van der Waals surface area contributed by atoms with Gasteiger partial charge in [-0.3, -0.25) is 9.78 Å². The van der Waals surface area contributed by atoms with E-state index in [2.05, 4.69) is 30.8 Å². The van der Waals surface area contributed by atoms with Crippen LogP contribution in [-0.4, -0.2) is 83.7 Å². The van der Waals surface area contributed by atoms with Crippen molar-refractivity contribution in [1.29, 1.82) is 0 Å². The van der Waals surface area contributed by atoms with Gasteiger partial charge in [-0.25, -0.2) is 14.6 Å². The molecule has 4 N–H and O–H groups in total. The molecule has 0 saturated carbocycles. The molecule has 3 heterocycles. The molecule has 0 spiro atoms. The lowest BCUT2D eigenvalue weighted by molar-refractivity contribution is -0.125. The third-order valence-corrected chi connectivity index (χ3v) is 10.2. The zero-order valence-electron chi connectivity index (χ0n) is 29.3. The van der Waals surface area contributed by atoms with Crippen LogP contribution in [0.2, 0.25) is 0 Å². The predicted molar refractivity (Wildman–Crippen MR) is 199 cm³/mol. The van der Waals surface area contributed by atoms with E-state index in [1.807, 2.05) is 79.9 Å². The number of carbonyl (C=O) groups excluding carboxylic acids is 3. The number of hydrogen-bond acceptors (Lipinski definition) is 12. The van der Waals surface area contributed by atoms with E-state index < -0.39 is 42.3 Å². The molecule has 4 atom stereocenters. The van der Waals surface area contributed by atoms with Gasteiger partial charge in [-0.05, 0) is 36.3 Å². The van der Waals surface area contributed by atoms with Crippen LogP contribution >= 0.6 is 22.7 Å². The summed E-state index contributed by atoms with van der Waals surface area (Å²) < 4.78 is 16.3. The molecule has 1 aliphatic rings. The number of amides is 3. The third kappa shape index (κ3) is 12.3. The Morgan fingerprint density at radius 3 is 2.19 bits per heavy atom. The number of nitrogens with zero attached hydrogens (tertiary/aromatic N) is 3. The van der Waals surface area contributed by atoms with Crippen molar-refractivity contribution in [3.05, 3.63) is 99.4 Å². The van der Waals surface area contributed by atoms with Gasteiger partial charge in [-0.15, -0.1) is 22.7 Å². The Balaban J connectivity index is 1.23. The SMILES string of the molecule is CC(C)C(NC(=O)OCc1csc(N2CCOCC2)n1)C(=O)N[C@@H](Cc1ccccc1)C[C@H](O)[C@H](Cc1ccccc1)NC(=O)OCc1cncs1. The van der Waals surface area contributed by atoms with Gasteiger partial charge in [-0.1, -0.05) is 74.5 Å². The summed E-state index contributed by atoms with van der Waals surface area (Å²) >= 11 is 2.86. The van der Waals surface area contributed by atoms with Gasteiger partial charge >= 0.3 is 12.2 Å². The van der Waals surface area contributed by atoms with E-state index in [0.29, 0.717) is 31.7 Å². The van der Waals surface area contributed by atoms with Gasteiger partial charge in [-0.2, -0.15) is 0 Å². The number of alkyl carbamates (subject to hydrolysis) is 2. The maximum atomic E-state index is 13.8. The first-order valence-electron chi connectivity index (χ1n) is 17.3. The van der Waals surface area contributed by atoms with Crippen molar-refractivity contribution in [2.45, 2.75) is 70.6 Å². The van der Waals surface area contributed by atoms with Crippen LogP contribution < -0.4 is 20.9 Å². The quantitative estimate of drug-likeness (QED) is 0.119. The second-order valence-electron chi connectivity index (χ2n) is 12.8. The zero-order valence-corrected chi connectivity index (χ0v) is 30.9. The van der Waals surface area contributed by atoms with Crippen LogP contribution in [0.1, 0.15) is 42.0 Å². The monoisotopic (exact) mass is 750 g/mol. The highest BCUT2D eigenvalue weighted by atomic mass is 32.1. The van der Waals surface area contributed by atoms with Crippen molar-refractivity contribution in [1.82, 2.24) is 25.9 Å². The lowest BCUT2D eigenvalue weighted by atomic mass is 9.93. The Morgan fingerprint density at radius 1 is 0.885 bits per heavy atom. The second-order valence-corrected chi connectivity index (χ2v) is 14.7. The van der Waals surface area contributed by atoms with Gasteiger partial charge in [0.05, 0.1) is 41.4 Å². The second kappa shape index (κ2) is 19.9. The Hall–Kier alpha value is -4.57. The van der Waals surface area contributed by atoms with Crippen LogP contribution in [0.25, 0.3) is 0 Å². The molecule has 3 amide bonds. The molecule has 0 radical (unpaired) electrons. The average Bonchev–Trinajstić information content (AvgIpc) is 3.86. The maximum Gasteiger partial charge on any atom is 0.408 e. The minimum absolute atomic E-state index is 0.0373. The van der Waals surface area contributed by atoms with Gasteiger partial charge in [0.1, 0.15) is 19.3 Å². The van der Waals surface area contributed by atoms with Crippen LogP contribution in [0.15, 0.2) is 77.8 Å². The van der Waals surface area contributed by atoms with Gasteiger partial charge in [0.2, 0.25) is 5.91 Å². The van der Waals surface area contributed by atoms with Gasteiger partial charge in [0.25, 0.3) is 0 Å². The Kier molecular flexibility index (Phi) is 14.8. The summed E-state index contributed by atoms with van der Waals surface area (Å²) in [6.45, 7) is 6.49. The van der Waals surface area contributed by atoms with E-state index >= 15 is 0 Å². The summed E-state index contributed by atoms with van der Waals surface area (Å²) in [6, 6.07) is 16.9. The highest BCUT2D eigenvalue weighted by molar-refractivity contribution is 7.13. The Bertz CT molecular complexity index is 1670. The van der Waals surface area contributed by atoms with Crippen molar-refractivity contribution in [2.24, 2.45) is 5.92 Å². The molecular weight excluding hydrogens is 705 g/mol. The highest BCUT2D eigenvalue weighted by Gasteiger charge is 2.30. The fraction of sp³-hybridized carbons (Fsp3) is 0.432. The number of ether oxygens (including phenoxy) is 3. The molecular formula is C37H46N6O7S2. The van der Waals surface area contributed by atoms with Crippen molar-refractivity contribution in [2.75, 3.05) is 31.2 Å². The Morgan fingerprint density at radius 2 is 1.54 bits per heavy atom. The number of nitrogens with one attached hydrogen (secondary N) is 3. The normalized spacial score (nSPS) is 15.3. The van der Waals surface area contributed by atoms with E-state index in [0.717, 1.165) is 34.2 Å². The number of benzene rings is 2. The zero-order chi connectivity index (χ0) is 36.7. The minimum Gasteiger partial charge on any atom is -0.444 e. The number of morpholine rings is 1. The molecule has 2 aromatic heterocycles. The largest absolute Gasteiger partial charge is 0.444 e. The summed E-state index contributed by atoms with van der Waals surface area (Å²) in [5.41, 5.74) is 4.14. The number of aromatic nitrogens is 2. The summed E-state index contributed by atoms with van der Waals surface area (Å²) in [5, 5.41) is 23.0. The van der Waals surface area contributed by atoms with E-state index in [1.54, 1.807) is 11.7 Å². The van der Waals surface area contributed by atoms with E-state index in [4.69, 9.17) is 14.2 Å². The number of rotatable bonds is 17. The predicted octanol–water partition coefficient (Wildman–Crippen LogP) is 4.70. The van der Waals surface area contributed by atoms with Gasteiger partial charge in [0, 0.05) is 30.7 Å². The van der Waals surface area contributed by atoms with Gasteiger partial charge in [0.15, 0.2) is 5.13 Å². The van der Waals surface area contributed by atoms with Crippen LogP contribution in [0.3, 0.4) is 0 Å². The molecule has 0 bridgehead atoms. The lowest BCUT2D eigenvalue weighted by Gasteiger charge is -2.30. The number of hydrogen-bond donors (Lipinski definition) is 4. The molecule has 1 aliphatic heterocycles.